The molecule has 94 valence electrons. The van der Waals surface area contributed by atoms with Crippen molar-refractivity contribution in [2.24, 2.45) is 0 Å². The molecule has 0 unspecified atom stereocenters. The molecule has 1 aromatic carbocycles. The normalized spacial score (nSPS) is 9.76. The van der Waals surface area contributed by atoms with Gasteiger partial charge in [0.25, 0.3) is 0 Å². The number of anilines is 1. The van der Waals surface area contributed by atoms with Gasteiger partial charge in [0.15, 0.2) is 0 Å². The van der Waals surface area contributed by atoms with Crippen LogP contribution in [-0.4, -0.2) is 49.5 Å². The first-order chi connectivity index (χ1) is 8.24. The van der Waals surface area contributed by atoms with Crippen LogP contribution in [0.3, 0.4) is 0 Å². The predicted molar refractivity (Wildman–Crippen MR) is 66.0 cm³/mol. The molecule has 0 saturated carbocycles. The number of carbonyl (C=O) groups excluding carboxylic acids is 1. The monoisotopic (exact) mass is 238 g/mol. The lowest BCUT2D eigenvalue weighted by molar-refractivity contribution is 0.107. The molecule has 0 heterocycles. The van der Waals surface area contributed by atoms with Gasteiger partial charge in [0, 0.05) is 25.8 Å². The lowest BCUT2D eigenvalue weighted by atomic mass is 10.3. The Kier molecular flexibility index (Phi) is 5.88. The minimum absolute atomic E-state index is 0.0616. The molecule has 0 aromatic heterocycles. The zero-order valence-corrected chi connectivity index (χ0v) is 9.93. The molecule has 0 aliphatic heterocycles. The Balaban J connectivity index is 2.14. The van der Waals surface area contributed by atoms with E-state index in [4.69, 9.17) is 9.84 Å². The van der Waals surface area contributed by atoms with Crippen molar-refractivity contribution in [3.8, 4) is 0 Å². The van der Waals surface area contributed by atoms with Crippen molar-refractivity contribution >= 4 is 11.8 Å². The summed E-state index contributed by atoms with van der Waals surface area (Å²) in [5.74, 6) is 0. The number of nitrogens with one attached hydrogen (secondary N) is 1. The predicted octanol–water partition coefficient (Wildman–Crippen LogP) is 1.16. The SMILES string of the molecule is CN(CCO)C(=O)OCCNc1ccccc1. The minimum Gasteiger partial charge on any atom is -0.448 e. The molecule has 5 heteroatoms. The Bertz CT molecular complexity index is 330. The fraction of sp³-hybridized carbons (Fsp3) is 0.417. The maximum atomic E-state index is 11.3. The highest BCUT2D eigenvalue weighted by atomic mass is 16.6. The smallest absolute Gasteiger partial charge is 0.409 e. The molecule has 1 rings (SSSR count). The fourth-order valence-corrected chi connectivity index (χ4v) is 1.24. The number of hydrogen-bond acceptors (Lipinski definition) is 4. The number of likely N-dealkylation sites (N-methyl/N-ethyl adjacent to an activating group) is 1. The van der Waals surface area contributed by atoms with Gasteiger partial charge < -0.3 is 20.1 Å². The van der Waals surface area contributed by atoms with E-state index in [1.165, 1.54) is 4.90 Å². The summed E-state index contributed by atoms with van der Waals surface area (Å²) in [6, 6.07) is 9.70. The quantitative estimate of drug-likeness (QED) is 0.730. The number of hydrogen-bond donors (Lipinski definition) is 2. The van der Waals surface area contributed by atoms with E-state index >= 15 is 0 Å². The van der Waals surface area contributed by atoms with E-state index in [-0.39, 0.29) is 13.2 Å². The molecule has 17 heavy (non-hydrogen) atoms. The summed E-state index contributed by atoms with van der Waals surface area (Å²) in [5, 5.41) is 11.8. The van der Waals surface area contributed by atoms with Gasteiger partial charge in [0.1, 0.15) is 6.61 Å². The average molecular weight is 238 g/mol. The van der Waals surface area contributed by atoms with E-state index in [2.05, 4.69) is 5.32 Å². The summed E-state index contributed by atoms with van der Waals surface area (Å²) in [7, 11) is 1.59. The van der Waals surface area contributed by atoms with Gasteiger partial charge >= 0.3 is 6.09 Å². The highest BCUT2D eigenvalue weighted by Crippen LogP contribution is 2.03. The van der Waals surface area contributed by atoms with Crippen LogP contribution in [0.4, 0.5) is 10.5 Å². The van der Waals surface area contributed by atoms with Gasteiger partial charge in [-0.15, -0.1) is 0 Å². The van der Waals surface area contributed by atoms with Crippen LogP contribution in [0.15, 0.2) is 30.3 Å². The average Bonchev–Trinajstić information content (AvgIpc) is 2.36. The second kappa shape index (κ2) is 7.51. The van der Waals surface area contributed by atoms with Crippen molar-refractivity contribution in [3.05, 3.63) is 30.3 Å². The van der Waals surface area contributed by atoms with Gasteiger partial charge in [-0.1, -0.05) is 18.2 Å². The molecule has 0 bridgehead atoms. The van der Waals surface area contributed by atoms with Crippen molar-refractivity contribution in [3.63, 3.8) is 0 Å². The number of nitrogens with zero attached hydrogens (tertiary/aromatic N) is 1. The lowest BCUT2D eigenvalue weighted by Crippen LogP contribution is -2.31. The van der Waals surface area contributed by atoms with Crippen LogP contribution < -0.4 is 5.32 Å². The number of rotatable bonds is 6. The Morgan fingerprint density at radius 3 is 2.76 bits per heavy atom. The van der Waals surface area contributed by atoms with Crippen molar-refractivity contribution in [2.75, 3.05) is 38.7 Å². The van der Waals surface area contributed by atoms with Crippen molar-refractivity contribution in [1.82, 2.24) is 4.90 Å². The first-order valence-electron chi connectivity index (χ1n) is 5.51. The zero-order chi connectivity index (χ0) is 12.5. The van der Waals surface area contributed by atoms with E-state index in [0.29, 0.717) is 13.2 Å². The highest BCUT2D eigenvalue weighted by molar-refractivity contribution is 5.67. The molecule has 1 amide bonds. The molecule has 0 fully saturated rings. The van der Waals surface area contributed by atoms with Crippen LogP contribution >= 0.6 is 0 Å². The van der Waals surface area contributed by atoms with E-state index in [9.17, 15) is 4.79 Å². The third-order valence-corrected chi connectivity index (χ3v) is 2.18. The Labute approximate surface area is 101 Å². The summed E-state index contributed by atoms with van der Waals surface area (Å²) in [5.41, 5.74) is 0.993. The molecule has 0 radical (unpaired) electrons. The van der Waals surface area contributed by atoms with E-state index in [0.717, 1.165) is 5.69 Å². The third kappa shape index (κ3) is 5.21. The molecular weight excluding hydrogens is 220 g/mol. The Hall–Kier alpha value is -1.75. The summed E-state index contributed by atoms with van der Waals surface area (Å²) in [6.07, 6.45) is -0.422. The first-order valence-corrected chi connectivity index (χ1v) is 5.51. The number of aliphatic hydroxyl groups is 1. The molecule has 1 aromatic rings. The Morgan fingerprint density at radius 1 is 1.41 bits per heavy atom. The molecule has 5 nitrogen and oxygen atoms in total. The summed E-state index contributed by atoms with van der Waals surface area (Å²) < 4.78 is 4.99. The molecule has 0 spiro atoms. The maximum absolute atomic E-state index is 11.3. The fourth-order valence-electron chi connectivity index (χ4n) is 1.24. The highest BCUT2D eigenvalue weighted by Gasteiger charge is 2.07. The largest absolute Gasteiger partial charge is 0.448 e. The third-order valence-electron chi connectivity index (χ3n) is 2.18. The van der Waals surface area contributed by atoms with Crippen molar-refractivity contribution < 1.29 is 14.6 Å². The van der Waals surface area contributed by atoms with E-state index in [1.807, 2.05) is 30.3 Å². The second-order valence-electron chi connectivity index (χ2n) is 3.55. The van der Waals surface area contributed by atoms with Gasteiger partial charge in [-0.25, -0.2) is 4.79 Å². The maximum Gasteiger partial charge on any atom is 0.409 e. The summed E-state index contributed by atoms with van der Waals surface area (Å²) in [4.78, 5) is 12.6. The molecule has 0 aliphatic carbocycles. The number of carbonyl (C=O) groups is 1. The number of aliphatic hydroxyl groups excluding tert-OH is 1. The zero-order valence-electron chi connectivity index (χ0n) is 9.93. The van der Waals surface area contributed by atoms with Gasteiger partial charge in [-0.2, -0.15) is 0 Å². The van der Waals surface area contributed by atoms with Crippen LogP contribution in [0.1, 0.15) is 0 Å². The van der Waals surface area contributed by atoms with Crippen LogP contribution in [0.2, 0.25) is 0 Å². The molecule has 0 saturated heterocycles. The lowest BCUT2D eigenvalue weighted by Gasteiger charge is -2.15. The molecule has 0 aliphatic rings. The van der Waals surface area contributed by atoms with E-state index in [1.54, 1.807) is 7.05 Å². The van der Waals surface area contributed by atoms with Gasteiger partial charge in [0.05, 0.1) is 6.61 Å². The van der Waals surface area contributed by atoms with Crippen molar-refractivity contribution in [1.29, 1.82) is 0 Å². The van der Waals surface area contributed by atoms with Gasteiger partial charge in [-0.05, 0) is 12.1 Å². The van der Waals surface area contributed by atoms with Gasteiger partial charge in [0.2, 0.25) is 0 Å². The van der Waals surface area contributed by atoms with Crippen molar-refractivity contribution in [2.45, 2.75) is 0 Å². The topological polar surface area (TPSA) is 61.8 Å². The number of benzene rings is 1. The Morgan fingerprint density at radius 2 is 2.12 bits per heavy atom. The van der Waals surface area contributed by atoms with E-state index < -0.39 is 6.09 Å². The first kappa shape index (κ1) is 13.3. The standard InChI is InChI=1S/C12H18N2O3/c1-14(8-9-15)12(16)17-10-7-13-11-5-3-2-4-6-11/h2-6,13,15H,7-10H2,1H3. The number of para-hydroxylation sites is 1. The summed E-state index contributed by atoms with van der Waals surface area (Å²) in [6.45, 7) is 1.07. The van der Waals surface area contributed by atoms with Crippen LogP contribution in [0.5, 0.6) is 0 Å². The number of ether oxygens (including phenoxy) is 1. The van der Waals surface area contributed by atoms with Crippen LogP contribution in [0.25, 0.3) is 0 Å². The molecular formula is C12H18N2O3. The molecule has 0 atom stereocenters. The van der Waals surface area contributed by atoms with Crippen LogP contribution in [0, 0.1) is 0 Å². The minimum atomic E-state index is -0.422. The molecule has 2 N–H and O–H groups in total. The summed E-state index contributed by atoms with van der Waals surface area (Å²) >= 11 is 0. The second-order valence-corrected chi connectivity index (χ2v) is 3.55. The van der Waals surface area contributed by atoms with Crippen LogP contribution in [-0.2, 0) is 4.74 Å². The van der Waals surface area contributed by atoms with Gasteiger partial charge in [-0.3, -0.25) is 0 Å². The number of amides is 1.